The first-order valence-electron chi connectivity index (χ1n) is 11.4. The minimum Gasteiger partial charge on any atom is -0.489 e. The quantitative estimate of drug-likeness (QED) is 0.534. The number of hydrogen-bond acceptors (Lipinski definition) is 7. The van der Waals surface area contributed by atoms with Crippen molar-refractivity contribution >= 4 is 6.09 Å². The molecule has 0 N–H and O–H groups in total. The fourth-order valence-electron chi connectivity index (χ4n) is 4.10. The molecule has 1 saturated heterocycles. The number of nitrogens with zero attached hydrogens (tertiary/aromatic N) is 4. The van der Waals surface area contributed by atoms with Crippen molar-refractivity contribution in [2.24, 2.45) is 7.05 Å². The summed E-state index contributed by atoms with van der Waals surface area (Å²) < 4.78 is 31.4. The number of oxazole rings is 1. The van der Waals surface area contributed by atoms with Gasteiger partial charge in [-0.3, -0.25) is 14.3 Å². The molecule has 0 unspecified atom stereocenters. The van der Waals surface area contributed by atoms with Gasteiger partial charge in [-0.05, 0) is 51.3 Å². The Bertz CT molecular complexity index is 1280. The summed E-state index contributed by atoms with van der Waals surface area (Å²) in [5.41, 5.74) is -0.0559. The van der Waals surface area contributed by atoms with Crippen LogP contribution in [0.1, 0.15) is 56.8 Å². The summed E-state index contributed by atoms with van der Waals surface area (Å²) >= 11 is 0. The highest BCUT2D eigenvalue weighted by Gasteiger charge is 2.36. The van der Waals surface area contributed by atoms with E-state index >= 15 is 0 Å². The van der Waals surface area contributed by atoms with Gasteiger partial charge in [0.15, 0.2) is 5.69 Å². The maximum Gasteiger partial charge on any atom is 0.410 e. The van der Waals surface area contributed by atoms with E-state index in [1.165, 1.54) is 23.8 Å². The lowest BCUT2D eigenvalue weighted by molar-refractivity contribution is 0.0215. The SMILES string of the molecule is COc1c(-c2ncc(Cc3ccc(F)cc3)o2)nc([C@@H]2CCCN2C(=O)OC(C)(C)C)n(C)c1=O. The van der Waals surface area contributed by atoms with Crippen molar-refractivity contribution in [1.82, 2.24) is 19.4 Å². The van der Waals surface area contributed by atoms with E-state index in [0.717, 1.165) is 12.0 Å². The number of benzene rings is 1. The molecule has 1 fully saturated rings. The highest BCUT2D eigenvalue weighted by molar-refractivity contribution is 5.69. The van der Waals surface area contributed by atoms with Crippen LogP contribution in [0, 0.1) is 5.82 Å². The van der Waals surface area contributed by atoms with Crippen molar-refractivity contribution in [3.63, 3.8) is 0 Å². The molecule has 10 heteroatoms. The van der Waals surface area contributed by atoms with Crippen molar-refractivity contribution in [3.05, 3.63) is 63.8 Å². The van der Waals surface area contributed by atoms with Crippen LogP contribution in [0.25, 0.3) is 11.6 Å². The fourth-order valence-corrected chi connectivity index (χ4v) is 4.10. The van der Waals surface area contributed by atoms with Gasteiger partial charge in [0.25, 0.3) is 5.56 Å². The zero-order valence-corrected chi connectivity index (χ0v) is 20.5. The lowest BCUT2D eigenvalue weighted by Gasteiger charge is -2.29. The molecule has 0 aliphatic carbocycles. The molecule has 1 aromatic carbocycles. The highest BCUT2D eigenvalue weighted by Crippen LogP contribution is 2.34. The Morgan fingerprint density at radius 3 is 2.63 bits per heavy atom. The van der Waals surface area contributed by atoms with E-state index < -0.39 is 23.3 Å². The van der Waals surface area contributed by atoms with E-state index in [0.29, 0.717) is 31.0 Å². The Labute approximate surface area is 202 Å². The number of hydrogen-bond donors (Lipinski definition) is 0. The largest absolute Gasteiger partial charge is 0.489 e. The van der Waals surface area contributed by atoms with Crippen LogP contribution >= 0.6 is 0 Å². The van der Waals surface area contributed by atoms with Crippen molar-refractivity contribution in [2.75, 3.05) is 13.7 Å². The van der Waals surface area contributed by atoms with E-state index in [-0.39, 0.29) is 23.2 Å². The van der Waals surface area contributed by atoms with E-state index in [1.807, 2.05) is 20.8 Å². The summed E-state index contributed by atoms with van der Waals surface area (Å²) in [6.07, 6.45) is 2.86. The molecule has 1 aliphatic heterocycles. The smallest absolute Gasteiger partial charge is 0.410 e. The number of aromatic nitrogens is 3. The maximum atomic E-state index is 13.2. The van der Waals surface area contributed by atoms with Crippen LogP contribution in [0.3, 0.4) is 0 Å². The van der Waals surface area contributed by atoms with Crippen molar-refractivity contribution in [2.45, 2.75) is 51.7 Å². The van der Waals surface area contributed by atoms with Crippen LogP contribution in [-0.4, -0.2) is 44.8 Å². The standard InChI is InChI=1S/C25H29FN4O5/c1-25(2,3)35-24(32)30-12-6-7-18(30)21-28-19(20(33-5)23(31)29(21)4)22-27-14-17(34-22)13-15-8-10-16(26)11-9-15/h8-11,14,18H,6-7,12-13H2,1-5H3/t18-/m0/s1. The van der Waals surface area contributed by atoms with Crippen LogP contribution in [0.15, 0.2) is 39.7 Å². The van der Waals surface area contributed by atoms with Crippen LogP contribution in [-0.2, 0) is 18.2 Å². The molecule has 3 heterocycles. The van der Waals surface area contributed by atoms with Crippen LogP contribution < -0.4 is 10.3 Å². The maximum absolute atomic E-state index is 13.2. The van der Waals surface area contributed by atoms with Crippen molar-refractivity contribution in [3.8, 4) is 17.3 Å². The molecule has 35 heavy (non-hydrogen) atoms. The minimum absolute atomic E-state index is 0.00625. The first-order chi connectivity index (χ1) is 16.6. The van der Waals surface area contributed by atoms with Crippen LogP contribution in [0.2, 0.25) is 0 Å². The first kappa shape index (κ1) is 24.4. The van der Waals surface area contributed by atoms with Gasteiger partial charge in [0.2, 0.25) is 11.6 Å². The molecule has 1 atom stereocenters. The molecule has 0 radical (unpaired) electrons. The summed E-state index contributed by atoms with van der Waals surface area (Å²) in [5, 5.41) is 0. The Balaban J connectivity index is 1.70. The van der Waals surface area contributed by atoms with Crippen LogP contribution in [0.4, 0.5) is 9.18 Å². The number of rotatable bonds is 5. The fraction of sp³-hybridized carbons (Fsp3) is 0.440. The lowest BCUT2D eigenvalue weighted by atomic mass is 10.1. The molecule has 0 bridgehead atoms. The summed E-state index contributed by atoms with van der Waals surface area (Å²) in [6.45, 7) is 5.92. The van der Waals surface area contributed by atoms with Crippen molar-refractivity contribution in [1.29, 1.82) is 0 Å². The monoisotopic (exact) mass is 484 g/mol. The van der Waals surface area contributed by atoms with Gasteiger partial charge in [-0.2, -0.15) is 0 Å². The average Bonchev–Trinajstić information content (AvgIpc) is 3.46. The number of halogens is 1. The van der Waals surface area contributed by atoms with Gasteiger partial charge in [0.1, 0.15) is 23.0 Å². The molecular weight excluding hydrogens is 455 g/mol. The zero-order chi connectivity index (χ0) is 25.3. The highest BCUT2D eigenvalue weighted by atomic mass is 19.1. The molecule has 1 amide bonds. The number of amides is 1. The molecule has 9 nitrogen and oxygen atoms in total. The van der Waals surface area contributed by atoms with Crippen molar-refractivity contribution < 1.29 is 23.1 Å². The molecule has 2 aromatic heterocycles. The average molecular weight is 485 g/mol. The summed E-state index contributed by atoms with van der Waals surface area (Å²) in [7, 11) is 2.98. The van der Waals surface area contributed by atoms with Gasteiger partial charge >= 0.3 is 6.09 Å². The molecule has 3 aromatic rings. The second-order valence-corrected chi connectivity index (χ2v) is 9.48. The molecule has 1 aliphatic rings. The lowest BCUT2D eigenvalue weighted by Crippen LogP contribution is -2.38. The first-order valence-corrected chi connectivity index (χ1v) is 11.4. The summed E-state index contributed by atoms with van der Waals surface area (Å²) in [5.74, 6) is 0.718. The Kier molecular flexibility index (Phi) is 6.64. The molecule has 0 saturated carbocycles. The van der Waals surface area contributed by atoms with Gasteiger partial charge in [0, 0.05) is 20.0 Å². The second kappa shape index (κ2) is 9.52. The Morgan fingerprint density at radius 1 is 1.26 bits per heavy atom. The Hall–Kier alpha value is -3.69. The molecule has 0 spiro atoms. The number of likely N-dealkylation sites (tertiary alicyclic amines) is 1. The predicted molar refractivity (Wildman–Crippen MR) is 126 cm³/mol. The summed E-state index contributed by atoms with van der Waals surface area (Å²) in [4.78, 5) is 36.6. The summed E-state index contributed by atoms with van der Waals surface area (Å²) in [6, 6.07) is 5.64. The minimum atomic E-state index is -0.645. The van der Waals surface area contributed by atoms with E-state index in [1.54, 1.807) is 30.3 Å². The zero-order valence-electron chi connectivity index (χ0n) is 20.5. The Morgan fingerprint density at radius 2 is 1.97 bits per heavy atom. The predicted octanol–water partition coefficient (Wildman–Crippen LogP) is 4.25. The van der Waals surface area contributed by atoms with Gasteiger partial charge in [-0.1, -0.05) is 12.1 Å². The molecule has 186 valence electrons. The van der Waals surface area contributed by atoms with E-state index in [4.69, 9.17) is 18.9 Å². The number of ether oxygens (including phenoxy) is 2. The van der Waals surface area contributed by atoms with Gasteiger partial charge in [-0.15, -0.1) is 0 Å². The third-order valence-corrected chi connectivity index (χ3v) is 5.71. The third-order valence-electron chi connectivity index (χ3n) is 5.71. The topological polar surface area (TPSA) is 99.7 Å². The normalized spacial score (nSPS) is 15.9. The van der Waals surface area contributed by atoms with Gasteiger partial charge in [-0.25, -0.2) is 19.2 Å². The van der Waals surface area contributed by atoms with Crippen LogP contribution in [0.5, 0.6) is 5.75 Å². The number of methoxy groups -OCH3 is 1. The number of carbonyl (C=O) groups is 1. The van der Waals surface area contributed by atoms with Gasteiger partial charge in [0.05, 0.1) is 19.3 Å². The van der Waals surface area contributed by atoms with E-state index in [2.05, 4.69) is 4.98 Å². The van der Waals surface area contributed by atoms with E-state index in [9.17, 15) is 14.0 Å². The second-order valence-electron chi connectivity index (χ2n) is 9.48. The van der Waals surface area contributed by atoms with Gasteiger partial charge < -0.3 is 13.9 Å². The molecule has 4 rings (SSSR count). The third kappa shape index (κ3) is 5.21. The number of carbonyl (C=O) groups excluding carboxylic acids is 1. The molecular formula is C25H29FN4O5.